The number of hydrogen-bond acceptors (Lipinski definition) is 7. The number of carbonyl (C=O) groups is 1. The first-order valence-electron chi connectivity index (χ1n) is 10.8. The van der Waals surface area contributed by atoms with Crippen LogP contribution in [0.1, 0.15) is 18.4 Å². The van der Waals surface area contributed by atoms with Crippen molar-refractivity contribution in [3.05, 3.63) is 42.4 Å². The van der Waals surface area contributed by atoms with E-state index >= 15 is 0 Å². The molecule has 4 rings (SSSR count). The van der Waals surface area contributed by atoms with Gasteiger partial charge in [-0.05, 0) is 31.4 Å². The molecule has 0 spiro atoms. The minimum absolute atomic E-state index is 0.100. The fourth-order valence-electron chi connectivity index (χ4n) is 4.30. The van der Waals surface area contributed by atoms with Crippen LogP contribution in [0.15, 0.2) is 41.3 Å². The molecule has 0 aliphatic carbocycles. The van der Waals surface area contributed by atoms with Gasteiger partial charge in [0.15, 0.2) is 12.2 Å². The van der Waals surface area contributed by atoms with Gasteiger partial charge in [0, 0.05) is 24.6 Å². The molecule has 4 atom stereocenters. The highest BCUT2D eigenvalue weighted by Gasteiger charge is 2.41. The molecule has 1 aromatic carbocycles. The molecule has 0 bridgehead atoms. The number of rotatable bonds is 7. The number of alkyl halides is 2. The quantitative estimate of drug-likeness (QED) is 0.511. The molecular formula is C22H28F2N4O4. The van der Waals surface area contributed by atoms with Gasteiger partial charge in [0.25, 0.3) is 5.92 Å². The Balaban J connectivity index is 1.27. The maximum absolute atomic E-state index is 13.9. The zero-order valence-corrected chi connectivity index (χ0v) is 17.6. The van der Waals surface area contributed by atoms with Crippen LogP contribution in [0.25, 0.3) is 11.3 Å². The summed E-state index contributed by atoms with van der Waals surface area (Å²) in [5, 5.41) is 18.7. The molecule has 174 valence electrons. The molecule has 0 radical (unpaired) electrons. The molecule has 4 N–H and O–H groups in total. The van der Waals surface area contributed by atoms with Crippen molar-refractivity contribution in [1.29, 1.82) is 0 Å². The van der Waals surface area contributed by atoms with Crippen molar-refractivity contribution in [2.24, 2.45) is 5.92 Å². The molecule has 2 aromatic rings. The van der Waals surface area contributed by atoms with Gasteiger partial charge in [-0.2, -0.15) is 0 Å². The molecule has 32 heavy (non-hydrogen) atoms. The van der Waals surface area contributed by atoms with Crippen LogP contribution in [-0.4, -0.2) is 66.5 Å². The number of piperidine rings is 1. The summed E-state index contributed by atoms with van der Waals surface area (Å²) in [6.45, 7) is 0.623. The van der Waals surface area contributed by atoms with E-state index in [2.05, 4.69) is 20.9 Å². The zero-order valence-electron chi connectivity index (χ0n) is 17.6. The average molecular weight is 450 g/mol. The Kier molecular flexibility index (Phi) is 7.02. The summed E-state index contributed by atoms with van der Waals surface area (Å²) in [4.78, 5) is 16.1. The van der Waals surface area contributed by atoms with Crippen molar-refractivity contribution < 1.29 is 27.8 Å². The van der Waals surface area contributed by atoms with Crippen LogP contribution in [0.5, 0.6) is 0 Å². The zero-order chi connectivity index (χ0) is 22.6. The third-order valence-corrected chi connectivity index (χ3v) is 6.12. The molecule has 2 aliphatic heterocycles. The fourth-order valence-corrected chi connectivity index (χ4v) is 4.30. The molecule has 2 aliphatic rings. The second kappa shape index (κ2) is 9.93. The molecule has 0 unspecified atom stereocenters. The van der Waals surface area contributed by atoms with Crippen LogP contribution in [0, 0.1) is 5.92 Å². The van der Waals surface area contributed by atoms with Gasteiger partial charge in [-0.25, -0.2) is 18.6 Å². The number of oxazole rings is 1. The number of aliphatic hydroxyl groups excluding tert-OH is 1. The Hall–Kier alpha value is -2.56. The van der Waals surface area contributed by atoms with Gasteiger partial charge in [-0.3, -0.25) is 0 Å². The molecule has 0 saturated carbocycles. The first-order chi connectivity index (χ1) is 15.4. The Morgan fingerprint density at radius 1 is 1.34 bits per heavy atom. The topological polar surface area (TPSA) is 109 Å². The summed E-state index contributed by atoms with van der Waals surface area (Å²) in [6.07, 6.45) is 1.82. The van der Waals surface area contributed by atoms with Crippen molar-refractivity contribution in [3.63, 3.8) is 0 Å². The number of ether oxygens (including phenoxy) is 1. The highest BCUT2D eigenvalue weighted by Crippen LogP contribution is 2.31. The summed E-state index contributed by atoms with van der Waals surface area (Å²) in [5.74, 6) is -2.87. The van der Waals surface area contributed by atoms with E-state index in [9.17, 15) is 18.7 Å². The minimum Gasteiger partial charge on any atom is -0.444 e. The van der Waals surface area contributed by atoms with Gasteiger partial charge in [0.2, 0.25) is 0 Å². The largest absolute Gasteiger partial charge is 0.444 e. The van der Waals surface area contributed by atoms with E-state index in [1.54, 1.807) is 6.20 Å². The van der Waals surface area contributed by atoms with E-state index in [1.165, 1.54) is 6.39 Å². The lowest BCUT2D eigenvalue weighted by Crippen LogP contribution is -2.47. The molecule has 1 aromatic heterocycles. The van der Waals surface area contributed by atoms with Crippen molar-refractivity contribution in [2.75, 3.05) is 26.2 Å². The van der Waals surface area contributed by atoms with E-state index in [1.807, 2.05) is 24.3 Å². The minimum atomic E-state index is -2.77. The predicted molar refractivity (Wildman–Crippen MR) is 112 cm³/mol. The summed E-state index contributed by atoms with van der Waals surface area (Å²) in [5.41, 5.74) is 1.90. The number of amides is 1. The van der Waals surface area contributed by atoms with Crippen LogP contribution in [0.2, 0.25) is 0 Å². The number of hydrogen-bond donors (Lipinski definition) is 4. The van der Waals surface area contributed by atoms with Crippen molar-refractivity contribution in [2.45, 2.75) is 43.4 Å². The van der Waals surface area contributed by atoms with Gasteiger partial charge in [-0.1, -0.05) is 24.3 Å². The summed E-state index contributed by atoms with van der Waals surface area (Å²) in [6, 6.07) is 7.46. The van der Waals surface area contributed by atoms with E-state index in [4.69, 9.17) is 9.15 Å². The van der Waals surface area contributed by atoms with E-state index < -0.39 is 30.1 Å². The van der Waals surface area contributed by atoms with Crippen molar-refractivity contribution in [3.8, 4) is 11.3 Å². The van der Waals surface area contributed by atoms with Crippen LogP contribution < -0.4 is 16.0 Å². The number of halogens is 2. The average Bonchev–Trinajstić information content (AvgIpc) is 3.42. The number of nitrogens with one attached hydrogen (secondary N) is 3. The number of alkyl carbamates (subject to hydrolysis) is 1. The summed E-state index contributed by atoms with van der Waals surface area (Å²) >= 11 is 0. The maximum Gasteiger partial charge on any atom is 0.407 e. The summed E-state index contributed by atoms with van der Waals surface area (Å²) in [7, 11) is 0. The third-order valence-electron chi connectivity index (χ3n) is 6.12. The molecule has 3 heterocycles. The standard InChI is InChI=1S/C22H28F2N4O4/c23-22(24)12-25-7-5-16(22)6-8-27-21(30)32-20-17(28-10-18(20)29)9-14-1-3-15(4-2-14)19-11-26-13-31-19/h1-4,11,13,16-18,20,25,28-29H,5-10,12H2,(H,27,30)/t16-,17-,18+,20+/m1/s1. The van der Waals surface area contributed by atoms with Crippen molar-refractivity contribution in [1.82, 2.24) is 20.9 Å². The number of β-amino-alcohol motifs (C(OH)–C–C–N with tert-alkyl or cyclic N) is 1. The molecule has 1 amide bonds. The second-order valence-corrected chi connectivity index (χ2v) is 8.36. The number of carbonyl (C=O) groups excluding carboxylic acids is 1. The van der Waals surface area contributed by atoms with Gasteiger partial charge in [0.05, 0.1) is 18.8 Å². The lowest BCUT2D eigenvalue weighted by atomic mass is 9.91. The number of nitrogens with zero attached hydrogens (tertiary/aromatic N) is 1. The van der Waals surface area contributed by atoms with Crippen LogP contribution in [-0.2, 0) is 11.2 Å². The van der Waals surface area contributed by atoms with Gasteiger partial charge in [-0.15, -0.1) is 0 Å². The Morgan fingerprint density at radius 3 is 2.88 bits per heavy atom. The highest BCUT2D eigenvalue weighted by molar-refractivity contribution is 5.67. The van der Waals surface area contributed by atoms with E-state index in [0.717, 1.165) is 11.1 Å². The summed E-state index contributed by atoms with van der Waals surface area (Å²) < 4.78 is 38.5. The number of benzene rings is 1. The molecule has 8 nitrogen and oxygen atoms in total. The Morgan fingerprint density at radius 2 is 2.16 bits per heavy atom. The molecule has 10 heteroatoms. The maximum atomic E-state index is 13.9. The van der Waals surface area contributed by atoms with Crippen molar-refractivity contribution >= 4 is 6.09 Å². The van der Waals surface area contributed by atoms with Gasteiger partial charge < -0.3 is 30.2 Å². The Labute approximate surface area is 184 Å². The predicted octanol–water partition coefficient (Wildman–Crippen LogP) is 1.95. The lowest BCUT2D eigenvalue weighted by molar-refractivity contribution is -0.0756. The monoisotopic (exact) mass is 450 g/mol. The first-order valence-corrected chi connectivity index (χ1v) is 10.8. The van der Waals surface area contributed by atoms with E-state index in [-0.39, 0.29) is 25.6 Å². The first kappa shape index (κ1) is 22.6. The number of aromatic nitrogens is 1. The smallest absolute Gasteiger partial charge is 0.407 e. The van der Waals surface area contributed by atoms with Gasteiger partial charge >= 0.3 is 6.09 Å². The highest BCUT2D eigenvalue weighted by atomic mass is 19.3. The van der Waals surface area contributed by atoms with Crippen LogP contribution in [0.4, 0.5) is 13.6 Å². The van der Waals surface area contributed by atoms with E-state index in [0.29, 0.717) is 31.7 Å². The number of aliphatic hydroxyl groups is 1. The molecule has 2 fully saturated rings. The molecular weight excluding hydrogens is 422 g/mol. The van der Waals surface area contributed by atoms with Crippen LogP contribution in [0.3, 0.4) is 0 Å². The second-order valence-electron chi connectivity index (χ2n) is 8.36. The van der Waals surface area contributed by atoms with Crippen LogP contribution >= 0.6 is 0 Å². The lowest BCUT2D eigenvalue weighted by Gasteiger charge is -2.31. The molecule has 2 saturated heterocycles. The SMILES string of the molecule is O=C(NCC[C@H]1CCNCC1(F)F)O[C@@H]1[C@@H](O)CN[C@@H]1Cc1ccc(-c2cnco2)cc1. The van der Waals surface area contributed by atoms with Gasteiger partial charge in [0.1, 0.15) is 12.2 Å². The normalized spacial score (nSPS) is 27.2. The third kappa shape index (κ3) is 5.43. The fraction of sp³-hybridized carbons (Fsp3) is 0.545. The Bertz CT molecular complexity index is 879.